The maximum Gasteiger partial charge on any atom is 0.242 e. The van der Waals surface area contributed by atoms with Gasteiger partial charge in [0.15, 0.2) is 0 Å². The summed E-state index contributed by atoms with van der Waals surface area (Å²) >= 11 is 6.10. The Morgan fingerprint density at radius 1 is 1.35 bits per heavy atom. The van der Waals surface area contributed by atoms with Crippen LogP contribution in [0.3, 0.4) is 0 Å². The minimum atomic E-state index is -0.159. The Bertz CT molecular complexity index is 645. The molecule has 1 saturated heterocycles. The molecule has 1 aliphatic heterocycles. The van der Waals surface area contributed by atoms with Crippen molar-refractivity contribution in [2.45, 2.75) is 51.9 Å². The molecule has 2 amide bonds. The van der Waals surface area contributed by atoms with Crippen LogP contribution in [-0.4, -0.2) is 46.4 Å². The Balaban J connectivity index is 1.64. The number of halogens is 1. The zero-order valence-corrected chi connectivity index (χ0v) is 14.2. The summed E-state index contributed by atoms with van der Waals surface area (Å²) in [6.07, 6.45) is 0.907. The fraction of sp³-hybridized carbons (Fsp3) is 0.667. The molecule has 2 heterocycles. The average Bonchev–Trinajstić information content (AvgIpc) is 3.01. The fourth-order valence-corrected chi connectivity index (χ4v) is 3.64. The second-order valence-corrected chi connectivity index (χ2v) is 6.63. The maximum absolute atomic E-state index is 12.3. The molecule has 2 fully saturated rings. The molecule has 126 valence electrons. The van der Waals surface area contributed by atoms with Crippen molar-refractivity contribution in [1.29, 1.82) is 0 Å². The first-order valence-corrected chi connectivity index (χ1v) is 8.14. The molecule has 7 nitrogen and oxygen atoms in total. The monoisotopic (exact) mass is 340 g/mol. The maximum atomic E-state index is 12.3. The number of nitrogens with one attached hydrogen (secondary N) is 2. The Morgan fingerprint density at radius 3 is 2.70 bits per heavy atom. The topological polar surface area (TPSA) is 85.3 Å². The van der Waals surface area contributed by atoms with E-state index in [2.05, 4.69) is 15.7 Å². The molecule has 0 bridgehead atoms. The fourth-order valence-electron chi connectivity index (χ4n) is 3.51. The van der Waals surface area contributed by atoms with Crippen LogP contribution in [0.4, 0.5) is 0 Å². The largest absolute Gasteiger partial charge is 0.376 e. The van der Waals surface area contributed by atoms with Crippen LogP contribution in [-0.2, 0) is 20.9 Å². The number of carbonyl (C=O) groups excluding carboxylic acids is 2. The molecule has 2 N–H and O–H groups in total. The molecular weight excluding hydrogens is 320 g/mol. The Kier molecular flexibility index (Phi) is 4.33. The SMILES string of the molecule is CC(=O)N[C@@H]1[C@@H](NC(=O)Cn2nc(C)c(Cl)c2C)[C@H]2CCO[C@H]21. The third-order valence-corrected chi connectivity index (χ3v) is 5.22. The van der Waals surface area contributed by atoms with Gasteiger partial charge >= 0.3 is 0 Å². The van der Waals surface area contributed by atoms with E-state index in [0.29, 0.717) is 17.3 Å². The van der Waals surface area contributed by atoms with E-state index in [-0.39, 0.29) is 42.5 Å². The van der Waals surface area contributed by atoms with Gasteiger partial charge in [0, 0.05) is 19.4 Å². The number of aryl methyl sites for hydroxylation is 1. The Hall–Kier alpha value is -1.60. The molecule has 8 heteroatoms. The number of hydrogen-bond donors (Lipinski definition) is 2. The van der Waals surface area contributed by atoms with Gasteiger partial charge in [0.2, 0.25) is 11.8 Å². The molecule has 0 spiro atoms. The summed E-state index contributed by atoms with van der Waals surface area (Å²) < 4.78 is 7.23. The zero-order chi connectivity index (χ0) is 16.7. The van der Waals surface area contributed by atoms with Gasteiger partial charge in [-0.2, -0.15) is 5.10 Å². The lowest BCUT2D eigenvalue weighted by atomic mass is 9.71. The number of hydrogen-bond acceptors (Lipinski definition) is 4. The number of fused-ring (bicyclic) bond motifs is 1. The van der Waals surface area contributed by atoms with Gasteiger partial charge in [-0.3, -0.25) is 14.3 Å². The van der Waals surface area contributed by atoms with Gasteiger partial charge in [0.05, 0.1) is 34.6 Å². The minimum absolute atomic E-state index is 0.00679. The molecule has 4 atom stereocenters. The van der Waals surface area contributed by atoms with Gasteiger partial charge in [-0.05, 0) is 20.3 Å². The quantitative estimate of drug-likeness (QED) is 0.838. The zero-order valence-electron chi connectivity index (χ0n) is 13.4. The van der Waals surface area contributed by atoms with Crippen molar-refractivity contribution in [3.05, 3.63) is 16.4 Å². The average molecular weight is 341 g/mol. The molecule has 23 heavy (non-hydrogen) atoms. The van der Waals surface area contributed by atoms with E-state index >= 15 is 0 Å². The van der Waals surface area contributed by atoms with Crippen molar-refractivity contribution in [2.24, 2.45) is 5.92 Å². The first kappa shape index (κ1) is 16.3. The van der Waals surface area contributed by atoms with Crippen LogP contribution in [0.15, 0.2) is 0 Å². The third kappa shape index (κ3) is 2.95. The van der Waals surface area contributed by atoms with Crippen LogP contribution >= 0.6 is 11.6 Å². The van der Waals surface area contributed by atoms with E-state index in [9.17, 15) is 9.59 Å². The Morgan fingerprint density at radius 2 is 2.09 bits per heavy atom. The highest BCUT2D eigenvalue weighted by molar-refractivity contribution is 6.31. The van der Waals surface area contributed by atoms with E-state index in [1.807, 2.05) is 13.8 Å². The summed E-state index contributed by atoms with van der Waals surface area (Å²) in [5.41, 5.74) is 1.48. The molecule has 1 aliphatic carbocycles. The third-order valence-electron chi connectivity index (χ3n) is 4.67. The highest BCUT2D eigenvalue weighted by atomic mass is 35.5. The molecule has 0 aromatic carbocycles. The van der Waals surface area contributed by atoms with Crippen molar-refractivity contribution >= 4 is 23.4 Å². The van der Waals surface area contributed by atoms with Gasteiger partial charge in [-0.15, -0.1) is 0 Å². The van der Waals surface area contributed by atoms with Crippen LogP contribution in [0.25, 0.3) is 0 Å². The second kappa shape index (κ2) is 6.13. The molecule has 1 aromatic heterocycles. The number of aromatic nitrogens is 2. The van der Waals surface area contributed by atoms with Crippen molar-refractivity contribution < 1.29 is 14.3 Å². The van der Waals surface area contributed by atoms with E-state index in [4.69, 9.17) is 16.3 Å². The van der Waals surface area contributed by atoms with Crippen LogP contribution in [0, 0.1) is 19.8 Å². The number of carbonyl (C=O) groups is 2. The molecule has 0 radical (unpaired) electrons. The van der Waals surface area contributed by atoms with Crippen molar-refractivity contribution in [3.8, 4) is 0 Å². The summed E-state index contributed by atoms with van der Waals surface area (Å²) in [6.45, 7) is 5.90. The first-order valence-electron chi connectivity index (χ1n) is 7.76. The second-order valence-electron chi connectivity index (χ2n) is 6.25. The van der Waals surface area contributed by atoms with Crippen molar-refractivity contribution in [2.75, 3.05) is 6.61 Å². The lowest BCUT2D eigenvalue weighted by Crippen LogP contribution is -2.71. The van der Waals surface area contributed by atoms with Gasteiger partial charge in [-0.25, -0.2) is 0 Å². The van der Waals surface area contributed by atoms with Gasteiger partial charge < -0.3 is 15.4 Å². The summed E-state index contributed by atoms with van der Waals surface area (Å²) in [7, 11) is 0. The summed E-state index contributed by atoms with van der Waals surface area (Å²) in [5, 5.41) is 10.7. The van der Waals surface area contributed by atoms with Gasteiger partial charge in [-0.1, -0.05) is 11.6 Å². The van der Waals surface area contributed by atoms with Crippen LogP contribution in [0.2, 0.25) is 5.02 Å². The van der Waals surface area contributed by atoms with Crippen molar-refractivity contribution in [1.82, 2.24) is 20.4 Å². The van der Waals surface area contributed by atoms with E-state index in [1.165, 1.54) is 6.92 Å². The number of rotatable bonds is 4. The van der Waals surface area contributed by atoms with Gasteiger partial charge in [0.1, 0.15) is 6.54 Å². The Labute approximate surface area is 139 Å². The summed E-state index contributed by atoms with van der Waals surface area (Å²) in [4.78, 5) is 23.7. The van der Waals surface area contributed by atoms with Crippen LogP contribution < -0.4 is 10.6 Å². The van der Waals surface area contributed by atoms with Crippen molar-refractivity contribution in [3.63, 3.8) is 0 Å². The smallest absolute Gasteiger partial charge is 0.242 e. The number of amides is 2. The predicted octanol–water partition coefficient (Wildman–Crippen LogP) is 0.562. The lowest BCUT2D eigenvalue weighted by molar-refractivity contribution is -0.130. The minimum Gasteiger partial charge on any atom is -0.376 e. The highest BCUT2D eigenvalue weighted by Gasteiger charge is 2.54. The lowest BCUT2D eigenvalue weighted by Gasteiger charge is -2.47. The normalized spacial score (nSPS) is 28.9. The summed E-state index contributed by atoms with van der Waals surface area (Å²) in [6, 6.07) is -0.251. The molecule has 1 aromatic rings. The number of ether oxygens (including phenoxy) is 1. The standard InChI is InChI=1S/C15H21ClN4O3/c1-7-12(16)8(2)20(19-7)6-11(22)18-13-10-4-5-23-15(10)14(13)17-9(3)21/h10,13-15H,4-6H2,1-3H3,(H,17,21)(H,18,22)/t10-,13+,14-,15-/m1/s1. The highest BCUT2D eigenvalue weighted by Crippen LogP contribution is 2.39. The predicted molar refractivity (Wildman–Crippen MR) is 84.1 cm³/mol. The van der Waals surface area contributed by atoms with E-state index in [1.54, 1.807) is 4.68 Å². The molecule has 2 aliphatic rings. The van der Waals surface area contributed by atoms with Gasteiger partial charge in [0.25, 0.3) is 0 Å². The molecule has 0 unspecified atom stereocenters. The molecule has 3 rings (SSSR count). The molecule has 1 saturated carbocycles. The number of nitrogens with zero attached hydrogens (tertiary/aromatic N) is 2. The van der Waals surface area contributed by atoms with Crippen LogP contribution in [0.1, 0.15) is 24.7 Å². The van der Waals surface area contributed by atoms with E-state index in [0.717, 1.165) is 12.1 Å². The van der Waals surface area contributed by atoms with Crippen LogP contribution in [0.5, 0.6) is 0 Å². The summed E-state index contributed by atoms with van der Waals surface area (Å²) in [5.74, 6) is 0.00587. The molecular formula is C15H21ClN4O3. The van der Waals surface area contributed by atoms with E-state index < -0.39 is 0 Å². The first-order chi connectivity index (χ1) is 10.9.